The molecule has 0 aromatic heterocycles. The van der Waals surface area contributed by atoms with Crippen LogP contribution in [0.25, 0.3) is 0 Å². The summed E-state index contributed by atoms with van der Waals surface area (Å²) in [6.45, 7) is 0. The highest BCUT2D eigenvalue weighted by molar-refractivity contribution is 7.98. The van der Waals surface area contributed by atoms with Crippen LogP contribution in [0.4, 0.5) is 5.69 Å². The highest BCUT2D eigenvalue weighted by atomic mass is 32.2. The fourth-order valence-corrected chi connectivity index (χ4v) is 2.54. The Morgan fingerprint density at radius 2 is 1.89 bits per heavy atom. The van der Waals surface area contributed by atoms with E-state index >= 15 is 0 Å². The monoisotopic (exact) mass is 283 g/mol. The Morgan fingerprint density at radius 1 is 1.21 bits per heavy atom. The van der Waals surface area contributed by atoms with Crippen molar-refractivity contribution in [1.29, 1.82) is 0 Å². The van der Waals surface area contributed by atoms with E-state index in [0.717, 1.165) is 36.3 Å². The van der Waals surface area contributed by atoms with Gasteiger partial charge in [-0.1, -0.05) is 18.6 Å². The summed E-state index contributed by atoms with van der Waals surface area (Å²) in [5, 5.41) is 19.0. The molecule has 1 N–H and O–H groups in total. The van der Waals surface area contributed by atoms with Crippen molar-refractivity contribution in [3.63, 3.8) is 0 Å². The number of nitrogens with zero attached hydrogens (tertiary/aromatic N) is 1. The largest absolute Gasteiger partial charge is 0.481 e. The Hall–Kier alpha value is -1.56. The quantitative estimate of drug-likeness (QED) is 0.426. The van der Waals surface area contributed by atoms with Crippen LogP contribution in [0, 0.1) is 10.1 Å². The van der Waals surface area contributed by atoms with Crippen LogP contribution in [0.1, 0.15) is 31.2 Å². The number of aliphatic carboxylic acids is 1. The van der Waals surface area contributed by atoms with Crippen LogP contribution in [0.15, 0.2) is 24.3 Å². The third-order valence-electron chi connectivity index (χ3n) is 2.60. The third kappa shape index (κ3) is 6.81. The van der Waals surface area contributed by atoms with Crippen molar-refractivity contribution in [2.75, 3.05) is 5.75 Å². The third-order valence-corrected chi connectivity index (χ3v) is 3.71. The first kappa shape index (κ1) is 15.5. The van der Waals surface area contributed by atoms with Gasteiger partial charge in [-0.2, -0.15) is 11.8 Å². The van der Waals surface area contributed by atoms with Crippen molar-refractivity contribution in [2.45, 2.75) is 31.4 Å². The van der Waals surface area contributed by atoms with Crippen LogP contribution in [0.2, 0.25) is 0 Å². The molecule has 6 heteroatoms. The average Bonchev–Trinajstić information content (AvgIpc) is 2.38. The fourth-order valence-electron chi connectivity index (χ4n) is 1.56. The summed E-state index contributed by atoms with van der Waals surface area (Å²) in [5.41, 5.74) is 1.18. The lowest BCUT2D eigenvalue weighted by atomic mass is 10.2. The van der Waals surface area contributed by atoms with Gasteiger partial charge in [0, 0.05) is 24.3 Å². The van der Waals surface area contributed by atoms with Gasteiger partial charge in [0.05, 0.1) is 4.92 Å². The number of hydrogen-bond acceptors (Lipinski definition) is 4. The van der Waals surface area contributed by atoms with Crippen LogP contribution in [0.3, 0.4) is 0 Å². The molecular formula is C13H17NO4S. The molecule has 0 amide bonds. The number of unbranched alkanes of at least 4 members (excludes halogenated alkanes) is 2. The Bertz CT molecular complexity index is 419. The number of rotatable bonds is 9. The van der Waals surface area contributed by atoms with E-state index in [9.17, 15) is 14.9 Å². The van der Waals surface area contributed by atoms with Gasteiger partial charge < -0.3 is 5.11 Å². The number of non-ortho nitro benzene ring substituents is 1. The van der Waals surface area contributed by atoms with Crippen molar-refractivity contribution >= 4 is 23.4 Å². The molecule has 1 aromatic rings. The zero-order valence-electron chi connectivity index (χ0n) is 10.6. The lowest BCUT2D eigenvalue weighted by molar-refractivity contribution is -0.384. The van der Waals surface area contributed by atoms with Crippen molar-refractivity contribution in [2.24, 2.45) is 0 Å². The Morgan fingerprint density at radius 3 is 2.47 bits per heavy atom. The molecule has 0 saturated heterocycles. The number of nitro groups is 1. The maximum Gasteiger partial charge on any atom is 0.303 e. The minimum Gasteiger partial charge on any atom is -0.481 e. The smallest absolute Gasteiger partial charge is 0.303 e. The molecule has 0 fully saturated rings. The zero-order chi connectivity index (χ0) is 14.1. The lowest BCUT2D eigenvalue weighted by Gasteiger charge is -2.02. The van der Waals surface area contributed by atoms with Crippen LogP contribution >= 0.6 is 11.8 Å². The Balaban J connectivity index is 2.12. The number of benzene rings is 1. The molecule has 0 saturated carbocycles. The van der Waals surface area contributed by atoms with E-state index in [1.165, 1.54) is 12.1 Å². The second kappa shape index (κ2) is 8.53. The molecule has 1 aromatic carbocycles. The summed E-state index contributed by atoms with van der Waals surface area (Å²) in [6, 6.07) is 6.58. The maximum absolute atomic E-state index is 10.5. The van der Waals surface area contributed by atoms with Crippen LogP contribution in [-0.4, -0.2) is 21.8 Å². The van der Waals surface area contributed by atoms with Gasteiger partial charge in [0.2, 0.25) is 0 Å². The molecule has 1 rings (SSSR count). The van der Waals surface area contributed by atoms with Crippen LogP contribution in [-0.2, 0) is 10.5 Å². The molecular weight excluding hydrogens is 266 g/mol. The SMILES string of the molecule is O=C(O)CCCCCSCc1ccc([N+](=O)[O-])cc1. The molecule has 0 bridgehead atoms. The number of thioether (sulfide) groups is 1. The number of carboxylic acid groups (broad SMARTS) is 1. The summed E-state index contributed by atoms with van der Waals surface area (Å²) in [6.07, 6.45) is 2.91. The van der Waals surface area contributed by atoms with E-state index in [-0.39, 0.29) is 12.1 Å². The van der Waals surface area contributed by atoms with Crippen molar-refractivity contribution in [3.05, 3.63) is 39.9 Å². The molecule has 5 nitrogen and oxygen atoms in total. The molecule has 0 aliphatic carbocycles. The van der Waals surface area contributed by atoms with E-state index in [4.69, 9.17) is 5.11 Å². The summed E-state index contributed by atoms with van der Waals surface area (Å²) < 4.78 is 0. The number of carboxylic acids is 1. The first-order valence-electron chi connectivity index (χ1n) is 6.12. The molecule has 0 atom stereocenters. The topological polar surface area (TPSA) is 80.4 Å². The van der Waals surface area contributed by atoms with E-state index < -0.39 is 10.9 Å². The molecule has 0 radical (unpaired) electrons. The van der Waals surface area contributed by atoms with Gasteiger partial charge in [-0.25, -0.2) is 0 Å². The normalized spacial score (nSPS) is 10.3. The van der Waals surface area contributed by atoms with Crippen molar-refractivity contribution in [3.8, 4) is 0 Å². The molecule has 0 aliphatic rings. The molecule has 0 heterocycles. The van der Waals surface area contributed by atoms with Gasteiger partial charge in [-0.05, 0) is 24.2 Å². The molecule has 0 spiro atoms. The summed E-state index contributed by atoms with van der Waals surface area (Å²) in [7, 11) is 0. The first-order chi connectivity index (χ1) is 9.09. The number of nitro benzene ring substituents is 1. The Labute approximate surface area is 116 Å². The van der Waals surface area contributed by atoms with Gasteiger partial charge in [0.25, 0.3) is 5.69 Å². The minimum atomic E-state index is -0.737. The minimum absolute atomic E-state index is 0.113. The van der Waals surface area contributed by atoms with Gasteiger partial charge >= 0.3 is 5.97 Å². The molecule has 19 heavy (non-hydrogen) atoms. The summed E-state index contributed by atoms with van der Waals surface area (Å²) >= 11 is 1.76. The van der Waals surface area contributed by atoms with E-state index in [1.54, 1.807) is 23.9 Å². The highest BCUT2D eigenvalue weighted by Gasteiger charge is 2.03. The number of carbonyl (C=O) groups is 1. The molecule has 0 unspecified atom stereocenters. The van der Waals surface area contributed by atoms with Crippen molar-refractivity contribution < 1.29 is 14.8 Å². The lowest BCUT2D eigenvalue weighted by Crippen LogP contribution is -1.94. The Kier molecular flexibility index (Phi) is 6.95. The molecule has 0 aliphatic heterocycles. The van der Waals surface area contributed by atoms with Gasteiger partial charge in [0.15, 0.2) is 0 Å². The highest BCUT2D eigenvalue weighted by Crippen LogP contribution is 2.18. The number of hydrogen-bond donors (Lipinski definition) is 1. The van der Waals surface area contributed by atoms with Gasteiger partial charge in [-0.3, -0.25) is 14.9 Å². The zero-order valence-corrected chi connectivity index (χ0v) is 11.4. The van der Waals surface area contributed by atoms with Gasteiger partial charge in [-0.15, -0.1) is 0 Å². The van der Waals surface area contributed by atoms with E-state index in [1.807, 2.05) is 0 Å². The predicted octanol–water partition coefficient (Wildman–Crippen LogP) is 3.47. The van der Waals surface area contributed by atoms with Crippen LogP contribution < -0.4 is 0 Å². The maximum atomic E-state index is 10.5. The first-order valence-corrected chi connectivity index (χ1v) is 7.28. The fraction of sp³-hybridized carbons (Fsp3) is 0.462. The summed E-state index contributed by atoms with van der Waals surface area (Å²) in [5.74, 6) is 1.08. The predicted molar refractivity (Wildman–Crippen MR) is 75.4 cm³/mol. The second-order valence-corrected chi connectivity index (χ2v) is 5.29. The van der Waals surface area contributed by atoms with Gasteiger partial charge in [0.1, 0.15) is 0 Å². The van der Waals surface area contributed by atoms with E-state index in [0.29, 0.717) is 0 Å². The summed E-state index contributed by atoms with van der Waals surface area (Å²) in [4.78, 5) is 20.4. The average molecular weight is 283 g/mol. The van der Waals surface area contributed by atoms with Crippen LogP contribution in [0.5, 0.6) is 0 Å². The van der Waals surface area contributed by atoms with Crippen molar-refractivity contribution in [1.82, 2.24) is 0 Å². The second-order valence-electron chi connectivity index (χ2n) is 4.18. The standard InChI is InChI=1S/C13H17NO4S/c15-13(16)4-2-1-3-9-19-10-11-5-7-12(8-6-11)14(17)18/h5-8H,1-4,9-10H2,(H,15,16). The van der Waals surface area contributed by atoms with E-state index in [2.05, 4.69) is 0 Å². The molecule has 104 valence electrons.